The number of hydrogen-bond donors (Lipinski definition) is 3. The van der Waals surface area contributed by atoms with Crippen molar-refractivity contribution < 1.29 is 32.6 Å². The van der Waals surface area contributed by atoms with Crippen molar-refractivity contribution >= 4 is 17.9 Å². The van der Waals surface area contributed by atoms with E-state index in [-0.39, 0.29) is 0 Å². The van der Waals surface area contributed by atoms with Crippen LogP contribution >= 0.6 is 0 Å². The van der Waals surface area contributed by atoms with E-state index in [0.29, 0.717) is 6.54 Å². The zero-order valence-corrected chi connectivity index (χ0v) is 15.1. The van der Waals surface area contributed by atoms with Crippen LogP contribution in [0.5, 0.6) is 0 Å². The van der Waals surface area contributed by atoms with E-state index in [4.69, 9.17) is 14.6 Å². The topological polar surface area (TPSA) is 113 Å². The van der Waals surface area contributed by atoms with Gasteiger partial charge in [0, 0.05) is 19.3 Å². The first-order valence-corrected chi connectivity index (χ1v) is 7.89. The zero-order valence-electron chi connectivity index (χ0n) is 15.1. The maximum absolute atomic E-state index is 11.5. The molecule has 1 aliphatic heterocycles. The van der Waals surface area contributed by atoms with Crippen LogP contribution in [0.4, 0.5) is 18.0 Å². The van der Waals surface area contributed by atoms with Crippen molar-refractivity contribution in [2.45, 2.75) is 39.1 Å². The predicted molar refractivity (Wildman–Crippen MR) is 90.4 cm³/mol. The molecule has 1 amide bonds. The van der Waals surface area contributed by atoms with E-state index < -0.39 is 23.8 Å². The van der Waals surface area contributed by atoms with Gasteiger partial charge in [0.1, 0.15) is 17.1 Å². The fourth-order valence-corrected chi connectivity index (χ4v) is 1.73. The van der Waals surface area contributed by atoms with Gasteiger partial charge in [-0.1, -0.05) is 6.07 Å². The van der Waals surface area contributed by atoms with Gasteiger partial charge >= 0.3 is 18.2 Å². The number of halogens is 3. The molecule has 0 bridgehead atoms. The summed E-state index contributed by atoms with van der Waals surface area (Å²) in [4.78, 5) is 29.1. The number of carbonyl (C=O) groups excluding carboxylic acids is 1. The number of nitrogens with one attached hydrogen (secondary N) is 2. The summed E-state index contributed by atoms with van der Waals surface area (Å²) in [6.07, 6.45) is -3.78. The number of hydrogen-bond acceptors (Lipinski definition) is 6. The normalized spacial score (nSPS) is 13.6. The third-order valence-electron chi connectivity index (χ3n) is 2.82. The van der Waals surface area contributed by atoms with Crippen molar-refractivity contribution in [3.8, 4) is 0 Å². The number of amidine groups is 1. The van der Waals surface area contributed by atoms with Crippen molar-refractivity contribution in [3.63, 3.8) is 0 Å². The first-order chi connectivity index (χ1) is 12.4. The molecule has 1 aromatic rings. The first-order valence-electron chi connectivity index (χ1n) is 7.89. The third kappa shape index (κ3) is 8.88. The summed E-state index contributed by atoms with van der Waals surface area (Å²) in [6, 6.07) is 3.81. The lowest BCUT2D eigenvalue weighted by atomic mass is 10.2. The highest BCUT2D eigenvalue weighted by atomic mass is 19.4. The van der Waals surface area contributed by atoms with Gasteiger partial charge in [-0.2, -0.15) is 13.2 Å². The SMILES string of the molecule is CC(C)(C)OC(=O)NCc1ccc(C2=NCCN2)nc1.O=C(O)C(F)(F)F. The molecule has 150 valence electrons. The number of rotatable bonds is 3. The second kappa shape index (κ2) is 9.19. The van der Waals surface area contributed by atoms with Crippen LogP contribution in [-0.4, -0.2) is 52.9 Å². The first kappa shape index (κ1) is 22.2. The Morgan fingerprint density at radius 1 is 1.30 bits per heavy atom. The summed E-state index contributed by atoms with van der Waals surface area (Å²) < 4.78 is 36.9. The van der Waals surface area contributed by atoms with Crippen LogP contribution in [0.1, 0.15) is 32.0 Å². The van der Waals surface area contributed by atoms with E-state index in [1.54, 1.807) is 6.20 Å². The van der Waals surface area contributed by atoms with Crippen LogP contribution < -0.4 is 10.6 Å². The Labute approximate surface area is 153 Å². The minimum atomic E-state index is -5.08. The molecule has 1 aromatic heterocycles. The molecule has 11 heteroatoms. The third-order valence-corrected chi connectivity index (χ3v) is 2.82. The highest BCUT2D eigenvalue weighted by Crippen LogP contribution is 2.13. The average Bonchev–Trinajstić information content (AvgIpc) is 3.06. The lowest BCUT2D eigenvalue weighted by Crippen LogP contribution is -2.32. The molecular weight excluding hydrogens is 369 g/mol. The van der Waals surface area contributed by atoms with Crippen LogP contribution in [0.15, 0.2) is 23.3 Å². The predicted octanol–water partition coefficient (Wildman–Crippen LogP) is 2.09. The second-order valence-electron chi connectivity index (χ2n) is 6.37. The zero-order chi connectivity index (χ0) is 20.7. The number of aliphatic carboxylic acids is 1. The Hall–Kier alpha value is -2.85. The average molecular weight is 390 g/mol. The van der Waals surface area contributed by atoms with Gasteiger partial charge in [-0.3, -0.25) is 9.98 Å². The summed E-state index contributed by atoms with van der Waals surface area (Å²) >= 11 is 0. The van der Waals surface area contributed by atoms with Crippen molar-refractivity contribution in [2.75, 3.05) is 13.1 Å². The summed E-state index contributed by atoms with van der Waals surface area (Å²) in [5.74, 6) is -1.93. The molecule has 3 N–H and O–H groups in total. The van der Waals surface area contributed by atoms with E-state index in [1.807, 2.05) is 32.9 Å². The number of amides is 1. The van der Waals surface area contributed by atoms with Crippen LogP contribution in [-0.2, 0) is 16.1 Å². The van der Waals surface area contributed by atoms with Gasteiger partial charge in [0.15, 0.2) is 0 Å². The number of pyridine rings is 1. The summed E-state index contributed by atoms with van der Waals surface area (Å²) in [5, 5.41) is 13.0. The maximum Gasteiger partial charge on any atom is 0.490 e. The standard InChI is InChI=1S/C14H20N4O2.C2HF3O2/c1-14(2,3)20-13(19)18-9-10-4-5-11(17-8-10)12-15-6-7-16-12;3-2(4,5)1(6)7/h4-5,8H,6-7,9H2,1-3H3,(H,15,16)(H,18,19);(H,6,7). The van der Waals surface area contributed by atoms with Gasteiger partial charge in [-0.25, -0.2) is 9.59 Å². The van der Waals surface area contributed by atoms with Gasteiger partial charge in [-0.05, 0) is 32.4 Å². The Kier molecular flexibility index (Phi) is 7.56. The molecule has 0 spiro atoms. The van der Waals surface area contributed by atoms with Crippen molar-refractivity contribution in [1.82, 2.24) is 15.6 Å². The molecule has 2 rings (SSSR count). The van der Waals surface area contributed by atoms with Gasteiger partial charge in [0.05, 0.1) is 6.54 Å². The number of carboxylic acids is 1. The lowest BCUT2D eigenvalue weighted by Gasteiger charge is -2.19. The molecule has 1 aliphatic rings. The molecule has 0 aromatic carbocycles. The van der Waals surface area contributed by atoms with Gasteiger partial charge in [0.25, 0.3) is 0 Å². The molecule has 27 heavy (non-hydrogen) atoms. The Morgan fingerprint density at radius 2 is 1.93 bits per heavy atom. The highest BCUT2D eigenvalue weighted by molar-refractivity contribution is 5.97. The molecule has 8 nitrogen and oxygen atoms in total. The second-order valence-corrected chi connectivity index (χ2v) is 6.37. The Bertz CT molecular complexity index is 682. The van der Waals surface area contributed by atoms with E-state index in [2.05, 4.69) is 20.6 Å². The molecule has 0 aliphatic carbocycles. The minimum Gasteiger partial charge on any atom is -0.475 e. The quantitative estimate of drug-likeness (QED) is 0.729. The summed E-state index contributed by atoms with van der Waals surface area (Å²) in [5.41, 5.74) is 1.25. The number of carbonyl (C=O) groups is 2. The minimum absolute atomic E-state index is 0.391. The van der Waals surface area contributed by atoms with Crippen LogP contribution in [0.25, 0.3) is 0 Å². The fourth-order valence-electron chi connectivity index (χ4n) is 1.73. The van der Waals surface area contributed by atoms with Crippen molar-refractivity contribution in [1.29, 1.82) is 0 Å². The van der Waals surface area contributed by atoms with E-state index >= 15 is 0 Å². The summed E-state index contributed by atoms with van der Waals surface area (Å²) in [7, 11) is 0. The molecule has 0 fully saturated rings. The largest absolute Gasteiger partial charge is 0.490 e. The number of nitrogens with zero attached hydrogens (tertiary/aromatic N) is 2. The molecule has 2 heterocycles. The van der Waals surface area contributed by atoms with E-state index in [0.717, 1.165) is 30.2 Å². The van der Waals surface area contributed by atoms with Crippen molar-refractivity contribution in [3.05, 3.63) is 29.6 Å². The van der Waals surface area contributed by atoms with E-state index in [1.165, 1.54) is 0 Å². The van der Waals surface area contributed by atoms with E-state index in [9.17, 15) is 18.0 Å². The number of ether oxygens (including phenoxy) is 1. The summed E-state index contributed by atoms with van der Waals surface area (Å²) in [6.45, 7) is 7.54. The van der Waals surface area contributed by atoms with Gasteiger partial charge < -0.3 is 20.5 Å². The number of aliphatic imine (C=N–C) groups is 1. The van der Waals surface area contributed by atoms with Crippen LogP contribution in [0.3, 0.4) is 0 Å². The Balaban J connectivity index is 0.000000445. The highest BCUT2D eigenvalue weighted by Gasteiger charge is 2.38. The number of aromatic nitrogens is 1. The van der Waals surface area contributed by atoms with Gasteiger partial charge in [0.2, 0.25) is 0 Å². The van der Waals surface area contributed by atoms with Gasteiger partial charge in [-0.15, -0.1) is 0 Å². The molecule has 0 saturated carbocycles. The molecule has 0 saturated heterocycles. The smallest absolute Gasteiger partial charge is 0.475 e. The number of alkyl carbamates (subject to hydrolysis) is 1. The number of alkyl halides is 3. The van der Waals surface area contributed by atoms with Crippen LogP contribution in [0, 0.1) is 0 Å². The van der Waals surface area contributed by atoms with Crippen molar-refractivity contribution in [2.24, 2.45) is 4.99 Å². The molecule has 0 atom stereocenters. The van der Waals surface area contributed by atoms with Crippen LogP contribution in [0.2, 0.25) is 0 Å². The molecular formula is C16H21F3N4O4. The molecule has 0 radical (unpaired) electrons. The monoisotopic (exact) mass is 390 g/mol. The number of carboxylic acid groups (broad SMARTS) is 1. The Morgan fingerprint density at radius 3 is 2.33 bits per heavy atom. The molecule has 0 unspecified atom stereocenters. The maximum atomic E-state index is 11.5. The lowest BCUT2D eigenvalue weighted by molar-refractivity contribution is -0.192. The fraction of sp³-hybridized carbons (Fsp3) is 0.500.